The smallest absolute Gasteiger partial charge is 0.328 e. The van der Waals surface area contributed by atoms with Gasteiger partial charge in [0.25, 0.3) is 0 Å². The zero-order chi connectivity index (χ0) is 24.1. The van der Waals surface area contributed by atoms with Gasteiger partial charge in [-0.1, -0.05) is 12.1 Å². The van der Waals surface area contributed by atoms with Gasteiger partial charge in [-0.2, -0.15) is 0 Å². The number of unbranched alkanes of at least 4 members (excludes halogenated alkanes) is 1. The first-order chi connectivity index (χ1) is 15.2. The fourth-order valence-corrected chi connectivity index (χ4v) is 2.82. The molecule has 10 N–H and O–H groups in total. The van der Waals surface area contributed by atoms with Gasteiger partial charge in [0.15, 0.2) is 0 Å². The van der Waals surface area contributed by atoms with E-state index in [4.69, 9.17) is 21.7 Å². The number of phenolic OH excluding ortho intramolecular Hbond substituents is 1. The van der Waals surface area contributed by atoms with Crippen LogP contribution in [-0.4, -0.2) is 76.8 Å². The Balaban J connectivity index is 2.99. The van der Waals surface area contributed by atoms with Crippen LogP contribution in [0.1, 0.15) is 24.8 Å². The largest absolute Gasteiger partial charge is 0.508 e. The second-order valence-corrected chi connectivity index (χ2v) is 7.12. The lowest BCUT2D eigenvalue weighted by Gasteiger charge is -2.24. The van der Waals surface area contributed by atoms with Crippen LogP contribution in [0.25, 0.3) is 0 Å². The highest BCUT2D eigenvalue weighted by molar-refractivity contribution is 5.93. The minimum Gasteiger partial charge on any atom is -0.508 e. The molecule has 0 radical (unpaired) electrons. The number of aromatic hydroxyl groups is 1. The fraction of sp³-hybridized carbons (Fsp3) is 0.500. The van der Waals surface area contributed by atoms with Crippen molar-refractivity contribution >= 4 is 23.7 Å². The van der Waals surface area contributed by atoms with Crippen LogP contribution in [0.2, 0.25) is 0 Å². The number of carboxylic acid groups (broad SMARTS) is 1. The Bertz CT molecular complexity index is 772. The molecule has 32 heavy (non-hydrogen) atoms. The fourth-order valence-electron chi connectivity index (χ4n) is 2.82. The van der Waals surface area contributed by atoms with Crippen LogP contribution in [0.15, 0.2) is 24.3 Å². The van der Waals surface area contributed by atoms with Gasteiger partial charge in [-0.3, -0.25) is 14.4 Å². The average molecular weight is 453 g/mol. The van der Waals surface area contributed by atoms with E-state index in [0.717, 1.165) is 0 Å². The highest BCUT2D eigenvalue weighted by Gasteiger charge is 2.29. The molecule has 3 atom stereocenters. The Morgan fingerprint density at radius 3 is 2.00 bits per heavy atom. The van der Waals surface area contributed by atoms with Crippen LogP contribution in [0.3, 0.4) is 0 Å². The van der Waals surface area contributed by atoms with Gasteiger partial charge in [0.2, 0.25) is 17.7 Å². The topological polar surface area (TPSA) is 217 Å². The number of nitrogens with one attached hydrogen (secondary N) is 3. The molecule has 3 amide bonds. The molecule has 0 aliphatic carbocycles. The maximum Gasteiger partial charge on any atom is 0.328 e. The summed E-state index contributed by atoms with van der Waals surface area (Å²) in [4.78, 5) is 48.4. The van der Waals surface area contributed by atoms with E-state index >= 15 is 0 Å². The number of aliphatic hydroxyl groups is 1. The third-order valence-electron chi connectivity index (χ3n) is 4.59. The summed E-state index contributed by atoms with van der Waals surface area (Å²) in [7, 11) is 0. The molecule has 0 fully saturated rings. The molecule has 0 heterocycles. The molecule has 0 aromatic heterocycles. The number of phenols is 1. The minimum absolute atomic E-state index is 0.0363. The van der Waals surface area contributed by atoms with E-state index in [1.807, 2.05) is 0 Å². The minimum atomic E-state index is -1.53. The van der Waals surface area contributed by atoms with E-state index in [1.165, 1.54) is 12.1 Å². The second-order valence-electron chi connectivity index (χ2n) is 7.12. The van der Waals surface area contributed by atoms with Gasteiger partial charge in [-0.15, -0.1) is 0 Å². The zero-order valence-corrected chi connectivity index (χ0v) is 17.6. The molecule has 0 bridgehead atoms. The lowest BCUT2D eigenvalue weighted by Crippen LogP contribution is -2.57. The second kappa shape index (κ2) is 14.0. The van der Waals surface area contributed by atoms with Crippen molar-refractivity contribution < 1.29 is 34.5 Å². The highest BCUT2D eigenvalue weighted by Crippen LogP contribution is 2.12. The number of nitrogens with two attached hydrogens (primary N) is 2. The summed E-state index contributed by atoms with van der Waals surface area (Å²) in [6.07, 6.45) is 1.28. The van der Waals surface area contributed by atoms with Crippen molar-refractivity contribution in [2.24, 2.45) is 11.5 Å². The maximum absolute atomic E-state index is 12.9. The summed E-state index contributed by atoms with van der Waals surface area (Å²) in [5.74, 6) is -3.43. The molecule has 0 aliphatic rings. The molecule has 0 aliphatic heterocycles. The van der Waals surface area contributed by atoms with E-state index in [9.17, 15) is 24.3 Å². The standard InChI is InChI=1S/C20H31N5O7/c21-8-2-1-3-14(18(29)25-16(11-26)20(31)32)24-19(30)15(23-17(28)10-22)9-12-4-6-13(27)7-5-12/h4-7,14-16,26-27H,1-3,8-11,21-22H2,(H,23,28)(H,24,30)(H,25,29)(H,31,32). The molecule has 178 valence electrons. The van der Waals surface area contributed by atoms with Crippen LogP contribution < -0.4 is 27.4 Å². The summed E-state index contributed by atoms with van der Waals surface area (Å²) in [5.41, 5.74) is 11.4. The highest BCUT2D eigenvalue weighted by atomic mass is 16.4. The Morgan fingerprint density at radius 1 is 0.875 bits per heavy atom. The number of amides is 3. The van der Waals surface area contributed by atoms with Crippen LogP contribution in [0.4, 0.5) is 0 Å². The number of benzene rings is 1. The van der Waals surface area contributed by atoms with Crippen LogP contribution >= 0.6 is 0 Å². The van der Waals surface area contributed by atoms with Gasteiger partial charge in [0.05, 0.1) is 13.2 Å². The predicted octanol–water partition coefficient (Wildman–Crippen LogP) is -2.45. The Hall–Kier alpha value is -3.22. The molecule has 1 aromatic rings. The molecular formula is C20H31N5O7. The number of hydrogen-bond acceptors (Lipinski definition) is 8. The number of aliphatic hydroxyl groups excluding tert-OH is 1. The Labute approximate surface area is 185 Å². The number of carbonyl (C=O) groups is 4. The Kier molecular flexibility index (Phi) is 11.7. The van der Waals surface area contributed by atoms with Gasteiger partial charge in [0, 0.05) is 6.42 Å². The normalized spacial score (nSPS) is 13.5. The van der Waals surface area contributed by atoms with Gasteiger partial charge >= 0.3 is 5.97 Å². The number of hydrogen-bond donors (Lipinski definition) is 8. The van der Waals surface area contributed by atoms with Crippen LogP contribution in [0, 0.1) is 0 Å². The number of carbonyl (C=O) groups excluding carboxylic acids is 3. The summed E-state index contributed by atoms with van der Waals surface area (Å²) in [6.45, 7) is -0.802. The van der Waals surface area contributed by atoms with Crippen molar-refractivity contribution in [2.45, 2.75) is 43.8 Å². The molecule has 0 saturated carbocycles. The predicted molar refractivity (Wildman–Crippen MR) is 114 cm³/mol. The molecular weight excluding hydrogens is 422 g/mol. The van der Waals surface area contributed by atoms with E-state index in [1.54, 1.807) is 12.1 Å². The van der Waals surface area contributed by atoms with Crippen molar-refractivity contribution in [3.63, 3.8) is 0 Å². The number of carboxylic acids is 1. The van der Waals surface area contributed by atoms with Crippen LogP contribution in [-0.2, 0) is 25.6 Å². The molecule has 1 aromatic carbocycles. The first kappa shape index (κ1) is 26.8. The monoisotopic (exact) mass is 453 g/mol. The van der Waals surface area contributed by atoms with E-state index < -0.39 is 48.4 Å². The summed E-state index contributed by atoms with van der Waals surface area (Å²) in [5, 5.41) is 34.8. The van der Waals surface area contributed by atoms with Gasteiger partial charge < -0.3 is 42.7 Å². The van der Waals surface area contributed by atoms with E-state index in [0.29, 0.717) is 24.9 Å². The average Bonchev–Trinajstić information content (AvgIpc) is 2.77. The molecule has 0 spiro atoms. The van der Waals surface area contributed by atoms with Crippen molar-refractivity contribution in [3.8, 4) is 5.75 Å². The third kappa shape index (κ3) is 9.29. The summed E-state index contributed by atoms with van der Waals surface area (Å²) >= 11 is 0. The maximum atomic E-state index is 12.9. The van der Waals surface area contributed by atoms with Gasteiger partial charge in [-0.05, 0) is 43.5 Å². The van der Waals surface area contributed by atoms with Crippen molar-refractivity contribution in [2.75, 3.05) is 19.7 Å². The van der Waals surface area contributed by atoms with Gasteiger partial charge in [-0.25, -0.2) is 4.79 Å². The SMILES string of the molecule is NCCCCC(NC(=O)C(Cc1ccc(O)cc1)NC(=O)CN)C(=O)NC(CO)C(=O)O. The first-order valence-corrected chi connectivity index (χ1v) is 10.1. The van der Waals surface area contributed by atoms with Gasteiger partial charge in [0.1, 0.15) is 23.9 Å². The number of rotatable bonds is 14. The molecule has 0 saturated heterocycles. The lowest BCUT2D eigenvalue weighted by atomic mass is 10.0. The molecule has 1 rings (SSSR count). The molecule has 12 heteroatoms. The quantitative estimate of drug-likeness (QED) is 0.140. The zero-order valence-electron chi connectivity index (χ0n) is 17.6. The van der Waals surface area contributed by atoms with Crippen LogP contribution in [0.5, 0.6) is 5.75 Å². The molecule has 12 nitrogen and oxygen atoms in total. The van der Waals surface area contributed by atoms with E-state index in [2.05, 4.69) is 16.0 Å². The number of aliphatic carboxylic acids is 1. The summed E-state index contributed by atoms with van der Waals surface area (Å²) in [6, 6.07) is 2.30. The first-order valence-electron chi connectivity index (χ1n) is 10.1. The summed E-state index contributed by atoms with van der Waals surface area (Å²) < 4.78 is 0. The molecule has 3 unspecified atom stereocenters. The third-order valence-corrected chi connectivity index (χ3v) is 4.59. The van der Waals surface area contributed by atoms with Crippen molar-refractivity contribution in [1.82, 2.24) is 16.0 Å². The Morgan fingerprint density at radius 2 is 1.47 bits per heavy atom. The van der Waals surface area contributed by atoms with Crippen molar-refractivity contribution in [1.29, 1.82) is 0 Å². The lowest BCUT2D eigenvalue weighted by molar-refractivity contribution is -0.143. The van der Waals surface area contributed by atoms with E-state index in [-0.39, 0.29) is 25.1 Å². The van der Waals surface area contributed by atoms with Crippen molar-refractivity contribution in [3.05, 3.63) is 29.8 Å².